The lowest BCUT2D eigenvalue weighted by Crippen LogP contribution is -2.15. The molecule has 3 N–H and O–H groups in total. The lowest BCUT2D eigenvalue weighted by Gasteiger charge is -2.08. The first-order chi connectivity index (χ1) is 12.0. The number of aromatic nitrogens is 3. The fraction of sp³-hybridized carbons (Fsp3) is 0.118. The molecule has 3 rings (SSSR count). The Balaban J connectivity index is 1.86. The molecule has 0 saturated carbocycles. The van der Waals surface area contributed by atoms with Crippen molar-refractivity contribution in [3.63, 3.8) is 0 Å². The van der Waals surface area contributed by atoms with Crippen LogP contribution in [-0.4, -0.2) is 20.2 Å². The summed E-state index contributed by atoms with van der Waals surface area (Å²) in [6, 6.07) is 14.6. The van der Waals surface area contributed by atoms with Gasteiger partial charge in [0.05, 0.1) is 10.7 Å². The van der Waals surface area contributed by atoms with E-state index in [0.29, 0.717) is 15.4 Å². The first-order valence-corrected chi connectivity index (χ1v) is 8.31. The van der Waals surface area contributed by atoms with Gasteiger partial charge in [0.15, 0.2) is 5.78 Å². The van der Waals surface area contributed by atoms with Crippen LogP contribution in [0, 0.1) is 11.7 Å². The molecule has 0 atom stereocenters. The lowest BCUT2D eigenvalue weighted by atomic mass is 10.1. The van der Waals surface area contributed by atoms with Crippen molar-refractivity contribution < 1.29 is 4.79 Å². The van der Waals surface area contributed by atoms with Crippen molar-refractivity contribution in [2.45, 2.75) is 13.5 Å². The number of nitrogens with zero attached hydrogens (tertiary/aromatic N) is 3. The number of nitrogens with two attached hydrogens (primary N) is 1. The third kappa shape index (κ3) is 3.72. The SMILES string of the molecule is Cc1cccc(Nn2c(N)nn(CC(=O)c3ccccc3Cl)c2=S)c1. The average molecular weight is 374 g/mol. The predicted molar refractivity (Wildman–Crippen MR) is 101 cm³/mol. The zero-order valence-electron chi connectivity index (χ0n) is 13.4. The Bertz CT molecular complexity index is 995. The molecule has 0 saturated heterocycles. The molecule has 6 nitrogen and oxygen atoms in total. The van der Waals surface area contributed by atoms with Crippen LogP contribution in [-0.2, 0) is 6.54 Å². The zero-order chi connectivity index (χ0) is 18.0. The Morgan fingerprint density at radius 1 is 1.28 bits per heavy atom. The summed E-state index contributed by atoms with van der Waals surface area (Å²) in [6.45, 7) is 1.94. The van der Waals surface area contributed by atoms with Crippen LogP contribution in [0.2, 0.25) is 5.02 Å². The molecule has 0 amide bonds. The summed E-state index contributed by atoms with van der Waals surface area (Å²) in [5.41, 5.74) is 11.4. The summed E-state index contributed by atoms with van der Waals surface area (Å²) >= 11 is 11.4. The van der Waals surface area contributed by atoms with Crippen LogP contribution in [0.3, 0.4) is 0 Å². The molecule has 25 heavy (non-hydrogen) atoms. The van der Waals surface area contributed by atoms with Crippen molar-refractivity contribution in [2.75, 3.05) is 11.2 Å². The largest absolute Gasteiger partial charge is 0.366 e. The summed E-state index contributed by atoms with van der Waals surface area (Å²) < 4.78 is 3.13. The summed E-state index contributed by atoms with van der Waals surface area (Å²) in [6.07, 6.45) is 0. The van der Waals surface area contributed by atoms with Crippen LogP contribution < -0.4 is 11.2 Å². The smallest absolute Gasteiger partial charge is 0.240 e. The van der Waals surface area contributed by atoms with Gasteiger partial charge in [-0.25, -0.2) is 4.68 Å². The molecule has 0 bridgehead atoms. The van der Waals surface area contributed by atoms with Crippen molar-refractivity contribution in [1.29, 1.82) is 0 Å². The van der Waals surface area contributed by atoms with Gasteiger partial charge in [0.1, 0.15) is 6.54 Å². The Morgan fingerprint density at radius 3 is 2.76 bits per heavy atom. The van der Waals surface area contributed by atoms with E-state index < -0.39 is 0 Å². The van der Waals surface area contributed by atoms with E-state index in [1.807, 2.05) is 31.2 Å². The van der Waals surface area contributed by atoms with E-state index in [-0.39, 0.29) is 18.3 Å². The van der Waals surface area contributed by atoms with Crippen LogP contribution in [0.4, 0.5) is 11.6 Å². The van der Waals surface area contributed by atoms with Crippen LogP contribution >= 0.6 is 23.8 Å². The number of benzene rings is 2. The van der Waals surface area contributed by atoms with Gasteiger partial charge in [-0.15, -0.1) is 5.10 Å². The molecule has 3 aromatic rings. The van der Waals surface area contributed by atoms with Crippen LogP contribution in [0.15, 0.2) is 48.5 Å². The molecule has 0 aliphatic heterocycles. The number of hydrogen-bond acceptors (Lipinski definition) is 5. The number of nitrogen functional groups attached to an aromatic ring is 1. The molecule has 128 valence electrons. The minimum absolute atomic E-state index is 0.0464. The summed E-state index contributed by atoms with van der Waals surface area (Å²) in [5, 5.41) is 4.54. The van der Waals surface area contributed by atoms with Gasteiger partial charge in [-0.1, -0.05) is 35.9 Å². The second-order valence-electron chi connectivity index (χ2n) is 5.52. The van der Waals surface area contributed by atoms with E-state index in [2.05, 4.69) is 10.5 Å². The number of carbonyl (C=O) groups excluding carboxylic acids is 1. The number of aryl methyl sites for hydroxylation is 1. The molecule has 0 aliphatic rings. The zero-order valence-corrected chi connectivity index (χ0v) is 15.0. The van der Waals surface area contributed by atoms with Crippen molar-refractivity contribution >= 4 is 41.2 Å². The number of Topliss-reactive ketones (excluding diaryl/α,β-unsaturated/α-hetero) is 1. The molecule has 1 aromatic heterocycles. The molecule has 0 radical (unpaired) electrons. The highest BCUT2D eigenvalue weighted by Crippen LogP contribution is 2.17. The van der Waals surface area contributed by atoms with E-state index in [0.717, 1.165) is 11.3 Å². The molecule has 0 aliphatic carbocycles. The number of carbonyl (C=O) groups is 1. The molecule has 8 heteroatoms. The lowest BCUT2D eigenvalue weighted by molar-refractivity contribution is 0.0967. The minimum atomic E-state index is -0.193. The molecule has 0 spiro atoms. The third-order valence-corrected chi connectivity index (χ3v) is 4.31. The van der Waals surface area contributed by atoms with Gasteiger partial charge in [0, 0.05) is 5.56 Å². The molecule has 1 heterocycles. The highest BCUT2D eigenvalue weighted by atomic mass is 35.5. The Labute approximate surface area is 154 Å². The maximum Gasteiger partial charge on any atom is 0.240 e. The maximum atomic E-state index is 12.4. The van der Waals surface area contributed by atoms with Gasteiger partial charge in [-0.2, -0.15) is 4.68 Å². The molecular formula is C17H16ClN5OS. The number of nitrogens with one attached hydrogen (secondary N) is 1. The van der Waals surface area contributed by atoms with E-state index in [4.69, 9.17) is 29.6 Å². The summed E-state index contributed by atoms with van der Waals surface area (Å²) in [7, 11) is 0. The van der Waals surface area contributed by atoms with E-state index in [9.17, 15) is 4.79 Å². The summed E-state index contributed by atoms with van der Waals surface area (Å²) in [4.78, 5) is 12.4. The fourth-order valence-electron chi connectivity index (χ4n) is 2.38. The van der Waals surface area contributed by atoms with Gasteiger partial charge >= 0.3 is 0 Å². The average Bonchev–Trinajstić information content (AvgIpc) is 2.83. The Kier molecular flexibility index (Phi) is 4.87. The molecule has 0 unspecified atom stereocenters. The van der Waals surface area contributed by atoms with Crippen LogP contribution in [0.1, 0.15) is 15.9 Å². The van der Waals surface area contributed by atoms with Gasteiger partial charge in [0.2, 0.25) is 10.7 Å². The Morgan fingerprint density at radius 2 is 2.04 bits per heavy atom. The van der Waals surface area contributed by atoms with Gasteiger partial charge < -0.3 is 5.73 Å². The van der Waals surface area contributed by atoms with Gasteiger partial charge in [-0.05, 0) is 49.0 Å². The fourth-order valence-corrected chi connectivity index (χ4v) is 2.87. The molecule has 2 aromatic carbocycles. The van der Waals surface area contributed by atoms with Gasteiger partial charge in [-0.3, -0.25) is 10.2 Å². The first kappa shape index (κ1) is 17.2. The number of halogens is 1. The van der Waals surface area contributed by atoms with Crippen LogP contribution in [0.25, 0.3) is 0 Å². The number of hydrogen-bond donors (Lipinski definition) is 2. The van der Waals surface area contributed by atoms with E-state index in [1.165, 1.54) is 9.36 Å². The predicted octanol–water partition coefficient (Wildman–Crippen LogP) is 3.72. The topological polar surface area (TPSA) is 77.9 Å². The highest BCUT2D eigenvalue weighted by molar-refractivity contribution is 7.71. The second kappa shape index (κ2) is 7.08. The molecule has 0 fully saturated rings. The maximum absolute atomic E-state index is 12.4. The number of rotatable bonds is 5. The quantitative estimate of drug-likeness (QED) is 0.526. The standard InChI is InChI=1S/C17H16ClN5OS/c1-11-5-4-6-12(9-11)20-23-16(19)21-22(17(23)25)10-15(24)13-7-2-3-8-14(13)18/h2-9,20H,10H2,1H3,(H2,19,21). The van der Waals surface area contributed by atoms with E-state index in [1.54, 1.807) is 24.3 Å². The van der Waals surface area contributed by atoms with E-state index >= 15 is 0 Å². The Hall–Kier alpha value is -2.64. The highest BCUT2D eigenvalue weighted by Gasteiger charge is 2.15. The minimum Gasteiger partial charge on any atom is -0.366 e. The first-order valence-electron chi connectivity index (χ1n) is 7.52. The van der Waals surface area contributed by atoms with Crippen molar-refractivity contribution in [3.05, 3.63) is 69.5 Å². The molecular weight excluding hydrogens is 358 g/mol. The van der Waals surface area contributed by atoms with Gasteiger partial charge in [0.25, 0.3) is 0 Å². The normalized spacial score (nSPS) is 10.6. The second-order valence-corrected chi connectivity index (χ2v) is 6.29. The third-order valence-electron chi connectivity index (χ3n) is 3.59. The van der Waals surface area contributed by atoms with Crippen molar-refractivity contribution in [3.8, 4) is 0 Å². The monoisotopic (exact) mass is 373 g/mol. The summed E-state index contributed by atoms with van der Waals surface area (Å²) in [5.74, 6) is -0.0274. The van der Waals surface area contributed by atoms with Crippen LogP contribution in [0.5, 0.6) is 0 Å². The number of anilines is 2. The number of ketones is 1. The van der Waals surface area contributed by atoms with Crippen molar-refractivity contribution in [2.24, 2.45) is 0 Å². The van der Waals surface area contributed by atoms with Crippen molar-refractivity contribution in [1.82, 2.24) is 14.5 Å².